The molecule has 1 saturated heterocycles. The fourth-order valence-corrected chi connectivity index (χ4v) is 5.58. The van der Waals surface area contributed by atoms with Gasteiger partial charge < -0.3 is 15.2 Å². The first-order chi connectivity index (χ1) is 20.4. The van der Waals surface area contributed by atoms with Crippen molar-refractivity contribution in [1.82, 2.24) is 34.7 Å². The fraction of sp³-hybridized carbons (Fsp3) is 0.219. The maximum atomic E-state index is 13.1. The van der Waals surface area contributed by atoms with E-state index in [0.717, 1.165) is 59.6 Å². The third kappa shape index (κ3) is 6.15. The third-order valence-electron chi connectivity index (χ3n) is 7.52. The number of nitrogens with zero attached hydrogens (tertiary/aromatic N) is 6. The second-order valence-corrected chi connectivity index (χ2v) is 11.3. The number of rotatable bonds is 7. The van der Waals surface area contributed by atoms with Gasteiger partial charge in [0.05, 0.1) is 17.6 Å². The van der Waals surface area contributed by atoms with Crippen molar-refractivity contribution in [3.05, 3.63) is 101 Å². The van der Waals surface area contributed by atoms with Gasteiger partial charge in [0.15, 0.2) is 5.82 Å². The minimum atomic E-state index is -0.153. The zero-order valence-electron chi connectivity index (χ0n) is 23.5. The normalized spacial score (nSPS) is 14.2. The lowest BCUT2D eigenvalue weighted by Crippen LogP contribution is -2.43. The lowest BCUT2D eigenvalue weighted by molar-refractivity contribution is 0.102. The van der Waals surface area contributed by atoms with Gasteiger partial charge in [-0.15, -0.1) is 0 Å². The van der Waals surface area contributed by atoms with Gasteiger partial charge in [-0.3, -0.25) is 19.7 Å². The molecule has 0 unspecified atom stereocenters. The van der Waals surface area contributed by atoms with Crippen LogP contribution in [0.1, 0.15) is 21.5 Å². The van der Waals surface area contributed by atoms with Crippen LogP contribution in [0, 0.1) is 6.92 Å². The molecule has 0 saturated carbocycles. The van der Waals surface area contributed by atoms with Crippen LogP contribution < -0.4 is 5.32 Å². The standard InChI is InChI=1S/C32H31BrN8O/c1-21-18-37-30(29(21)31-36-10-9-27(39-31)28-19-34-11-12-35-28)22-5-7-25(8-6-22)38-32(42)23-3-4-24(26(33)17-23)20-41-15-13-40(2)14-16-41/h3-12,17-19,37H,13-16,20H2,1-2H3,(H,38,42). The number of anilines is 1. The highest BCUT2D eigenvalue weighted by Crippen LogP contribution is 2.33. The second kappa shape index (κ2) is 12.3. The lowest BCUT2D eigenvalue weighted by atomic mass is 10.0. The highest BCUT2D eigenvalue weighted by Gasteiger charge is 2.18. The van der Waals surface area contributed by atoms with Gasteiger partial charge in [-0.2, -0.15) is 0 Å². The van der Waals surface area contributed by atoms with E-state index in [1.807, 2.05) is 61.7 Å². The Morgan fingerprint density at radius 2 is 1.79 bits per heavy atom. The number of likely N-dealkylation sites (N-methyl/N-ethyl adjacent to an activating group) is 1. The number of carbonyl (C=O) groups excluding carboxylic acids is 1. The summed E-state index contributed by atoms with van der Waals surface area (Å²) < 4.78 is 0.949. The van der Waals surface area contributed by atoms with E-state index in [2.05, 4.69) is 58.0 Å². The molecule has 1 fully saturated rings. The molecule has 10 heteroatoms. The minimum Gasteiger partial charge on any atom is -0.360 e. The van der Waals surface area contributed by atoms with Crippen LogP contribution in [0.2, 0.25) is 0 Å². The average Bonchev–Trinajstić information content (AvgIpc) is 3.41. The summed E-state index contributed by atoms with van der Waals surface area (Å²) in [6, 6.07) is 15.4. The van der Waals surface area contributed by atoms with Crippen LogP contribution in [-0.4, -0.2) is 73.9 Å². The summed E-state index contributed by atoms with van der Waals surface area (Å²) in [7, 11) is 2.16. The number of aryl methyl sites for hydroxylation is 1. The topological polar surface area (TPSA) is 103 Å². The largest absolute Gasteiger partial charge is 0.360 e. The molecule has 42 heavy (non-hydrogen) atoms. The Hall–Kier alpha value is -4.25. The predicted octanol–water partition coefficient (Wildman–Crippen LogP) is 5.67. The van der Waals surface area contributed by atoms with Crippen LogP contribution in [-0.2, 0) is 6.54 Å². The number of hydrogen-bond acceptors (Lipinski definition) is 7. The van der Waals surface area contributed by atoms with E-state index in [4.69, 9.17) is 4.98 Å². The van der Waals surface area contributed by atoms with Crippen LogP contribution in [0.15, 0.2) is 84.0 Å². The van der Waals surface area contributed by atoms with Crippen molar-refractivity contribution < 1.29 is 4.79 Å². The quantitative estimate of drug-likeness (QED) is 0.241. The summed E-state index contributed by atoms with van der Waals surface area (Å²) >= 11 is 3.68. The molecular formula is C32H31BrN8O. The van der Waals surface area contributed by atoms with E-state index in [0.29, 0.717) is 28.5 Å². The molecule has 1 aliphatic rings. The van der Waals surface area contributed by atoms with Gasteiger partial charge in [-0.25, -0.2) is 9.97 Å². The lowest BCUT2D eigenvalue weighted by Gasteiger charge is -2.32. The Labute approximate surface area is 253 Å². The molecule has 5 aromatic rings. The first-order valence-corrected chi connectivity index (χ1v) is 14.6. The number of aromatic amines is 1. The van der Waals surface area contributed by atoms with E-state index in [1.165, 1.54) is 5.56 Å². The van der Waals surface area contributed by atoms with Crippen molar-refractivity contribution in [3.63, 3.8) is 0 Å². The smallest absolute Gasteiger partial charge is 0.255 e. The maximum Gasteiger partial charge on any atom is 0.255 e. The maximum absolute atomic E-state index is 13.1. The van der Waals surface area contributed by atoms with Crippen LogP contribution in [0.5, 0.6) is 0 Å². The number of hydrogen-bond donors (Lipinski definition) is 2. The van der Waals surface area contributed by atoms with Gasteiger partial charge in [0, 0.05) is 78.8 Å². The Kier molecular flexibility index (Phi) is 8.18. The summed E-state index contributed by atoms with van der Waals surface area (Å²) in [6.45, 7) is 7.14. The molecule has 4 heterocycles. The van der Waals surface area contributed by atoms with Gasteiger partial charge in [0.25, 0.3) is 5.91 Å². The molecule has 212 valence electrons. The van der Waals surface area contributed by atoms with Crippen molar-refractivity contribution in [2.24, 2.45) is 0 Å². The van der Waals surface area contributed by atoms with Gasteiger partial charge in [-0.05, 0) is 61.0 Å². The Morgan fingerprint density at radius 1 is 0.976 bits per heavy atom. The second-order valence-electron chi connectivity index (χ2n) is 10.5. The van der Waals surface area contributed by atoms with E-state index >= 15 is 0 Å². The molecule has 2 aromatic carbocycles. The highest BCUT2D eigenvalue weighted by atomic mass is 79.9. The number of benzene rings is 2. The van der Waals surface area contributed by atoms with Crippen LogP contribution in [0.4, 0.5) is 5.69 Å². The first-order valence-electron chi connectivity index (χ1n) is 13.8. The summed E-state index contributed by atoms with van der Waals surface area (Å²) in [5.41, 5.74) is 7.71. The molecule has 0 bridgehead atoms. The summed E-state index contributed by atoms with van der Waals surface area (Å²) in [4.78, 5) is 39.1. The molecule has 0 radical (unpaired) electrons. The van der Waals surface area contributed by atoms with Gasteiger partial charge in [0.1, 0.15) is 5.69 Å². The molecular weight excluding hydrogens is 592 g/mol. The van der Waals surface area contributed by atoms with Crippen molar-refractivity contribution >= 4 is 27.5 Å². The molecule has 9 nitrogen and oxygen atoms in total. The molecule has 1 aliphatic heterocycles. The van der Waals surface area contributed by atoms with E-state index in [-0.39, 0.29) is 5.91 Å². The average molecular weight is 624 g/mol. The number of H-pyrrole nitrogens is 1. The summed E-state index contributed by atoms with van der Waals surface area (Å²) in [5.74, 6) is 0.450. The van der Waals surface area contributed by atoms with Crippen LogP contribution in [0.25, 0.3) is 34.0 Å². The van der Waals surface area contributed by atoms with Crippen LogP contribution >= 0.6 is 15.9 Å². The van der Waals surface area contributed by atoms with E-state index < -0.39 is 0 Å². The molecule has 3 aromatic heterocycles. The van der Waals surface area contributed by atoms with Gasteiger partial charge >= 0.3 is 0 Å². The predicted molar refractivity (Wildman–Crippen MR) is 168 cm³/mol. The molecule has 0 atom stereocenters. The number of halogens is 1. The van der Waals surface area contributed by atoms with Crippen molar-refractivity contribution in [3.8, 4) is 34.0 Å². The van der Waals surface area contributed by atoms with Gasteiger partial charge in [-0.1, -0.05) is 34.1 Å². The molecule has 0 aliphatic carbocycles. The third-order valence-corrected chi connectivity index (χ3v) is 8.26. The highest BCUT2D eigenvalue weighted by molar-refractivity contribution is 9.10. The van der Waals surface area contributed by atoms with E-state index in [1.54, 1.807) is 24.8 Å². The molecule has 2 N–H and O–H groups in total. The summed E-state index contributed by atoms with van der Waals surface area (Å²) in [5, 5.41) is 3.02. The number of amides is 1. The number of piperazine rings is 1. The minimum absolute atomic E-state index is 0.153. The zero-order chi connectivity index (χ0) is 29.1. The Balaban J connectivity index is 1.16. The van der Waals surface area contributed by atoms with Gasteiger partial charge in [0.2, 0.25) is 0 Å². The Morgan fingerprint density at radius 3 is 2.52 bits per heavy atom. The van der Waals surface area contributed by atoms with Crippen molar-refractivity contribution in [1.29, 1.82) is 0 Å². The molecule has 0 spiro atoms. The van der Waals surface area contributed by atoms with Crippen LogP contribution in [0.3, 0.4) is 0 Å². The van der Waals surface area contributed by atoms with E-state index in [9.17, 15) is 4.79 Å². The monoisotopic (exact) mass is 622 g/mol. The van der Waals surface area contributed by atoms with Crippen molar-refractivity contribution in [2.45, 2.75) is 13.5 Å². The zero-order valence-corrected chi connectivity index (χ0v) is 25.1. The molecule has 1 amide bonds. The SMILES string of the molecule is Cc1c[nH]c(-c2ccc(NC(=O)c3ccc(CN4CCN(C)CC4)c(Br)c3)cc2)c1-c1nccc(-c2cnccn2)n1. The van der Waals surface area contributed by atoms with Crippen molar-refractivity contribution in [2.75, 3.05) is 38.5 Å². The number of aromatic nitrogens is 5. The Bertz CT molecular complexity index is 1700. The molecule has 6 rings (SSSR count). The summed E-state index contributed by atoms with van der Waals surface area (Å²) in [6.07, 6.45) is 8.65. The fourth-order valence-electron chi connectivity index (χ4n) is 5.08. The number of carbonyl (C=O) groups is 1. The number of nitrogens with one attached hydrogen (secondary N) is 2. The first kappa shape index (κ1) is 27.9.